The Labute approximate surface area is 90.5 Å². The molecule has 0 aromatic heterocycles. The van der Waals surface area contributed by atoms with Crippen molar-refractivity contribution in [2.24, 2.45) is 0 Å². The quantitative estimate of drug-likeness (QED) is 0.539. The molecule has 78 valence electrons. The highest BCUT2D eigenvalue weighted by Gasteiger charge is 2.07. The summed E-state index contributed by atoms with van der Waals surface area (Å²) in [6.07, 6.45) is 6.72. The Morgan fingerprint density at radius 1 is 1.47 bits per heavy atom. The lowest BCUT2D eigenvalue weighted by molar-refractivity contribution is 0.117. The molecule has 0 saturated carbocycles. The van der Waals surface area contributed by atoms with Gasteiger partial charge < -0.3 is 9.47 Å². The van der Waals surface area contributed by atoms with Gasteiger partial charge >= 0.3 is 0 Å². The summed E-state index contributed by atoms with van der Waals surface area (Å²) >= 11 is 0. The van der Waals surface area contributed by atoms with Gasteiger partial charge in [0.05, 0.1) is 13.7 Å². The largest absolute Gasteiger partial charge is 0.497 e. The van der Waals surface area contributed by atoms with E-state index in [-0.39, 0.29) is 6.10 Å². The van der Waals surface area contributed by atoms with Gasteiger partial charge in [0.2, 0.25) is 0 Å². The number of rotatable bonds is 5. The van der Waals surface area contributed by atoms with Crippen LogP contribution in [0, 0.1) is 12.3 Å². The molecule has 0 heterocycles. The van der Waals surface area contributed by atoms with Gasteiger partial charge in [0, 0.05) is 0 Å². The van der Waals surface area contributed by atoms with Crippen molar-refractivity contribution in [2.45, 2.75) is 6.10 Å². The number of hydrogen-bond donors (Lipinski definition) is 0. The van der Waals surface area contributed by atoms with Gasteiger partial charge in [-0.1, -0.05) is 24.1 Å². The monoisotopic (exact) mass is 202 g/mol. The molecule has 0 fully saturated rings. The SMILES string of the molecule is C#CC(OCC=C)c1ccc(OC)cc1. The van der Waals surface area contributed by atoms with Crippen LogP contribution >= 0.6 is 0 Å². The minimum atomic E-state index is -0.325. The van der Waals surface area contributed by atoms with Crippen LogP contribution in [0.1, 0.15) is 11.7 Å². The third-order valence-corrected chi connectivity index (χ3v) is 1.95. The molecular weight excluding hydrogens is 188 g/mol. The number of benzene rings is 1. The van der Waals surface area contributed by atoms with Gasteiger partial charge in [-0.15, -0.1) is 13.0 Å². The molecule has 1 atom stereocenters. The maximum absolute atomic E-state index is 5.41. The Kier molecular flexibility index (Phi) is 4.46. The van der Waals surface area contributed by atoms with Crippen molar-refractivity contribution >= 4 is 0 Å². The molecule has 0 bridgehead atoms. The molecule has 0 aliphatic carbocycles. The Balaban J connectivity index is 2.74. The lowest BCUT2D eigenvalue weighted by Crippen LogP contribution is -2.01. The highest BCUT2D eigenvalue weighted by molar-refractivity contribution is 5.31. The van der Waals surface area contributed by atoms with Gasteiger partial charge in [0.1, 0.15) is 11.9 Å². The molecule has 2 nitrogen and oxygen atoms in total. The molecule has 0 aliphatic heterocycles. The minimum absolute atomic E-state index is 0.325. The van der Waals surface area contributed by atoms with Crippen LogP contribution in [0.5, 0.6) is 5.75 Å². The Hall–Kier alpha value is -1.72. The zero-order chi connectivity index (χ0) is 11.1. The molecule has 0 N–H and O–H groups in total. The van der Waals surface area contributed by atoms with E-state index >= 15 is 0 Å². The van der Waals surface area contributed by atoms with E-state index in [9.17, 15) is 0 Å². The van der Waals surface area contributed by atoms with Crippen LogP contribution < -0.4 is 4.74 Å². The van der Waals surface area contributed by atoms with Crippen LogP contribution in [-0.4, -0.2) is 13.7 Å². The molecule has 0 radical (unpaired) electrons. The van der Waals surface area contributed by atoms with Gasteiger partial charge in [-0.25, -0.2) is 0 Å². The minimum Gasteiger partial charge on any atom is -0.497 e. The van der Waals surface area contributed by atoms with Crippen molar-refractivity contribution in [1.82, 2.24) is 0 Å². The smallest absolute Gasteiger partial charge is 0.143 e. The first kappa shape index (κ1) is 11.4. The van der Waals surface area contributed by atoms with Crippen molar-refractivity contribution in [2.75, 3.05) is 13.7 Å². The van der Waals surface area contributed by atoms with Crippen LogP contribution in [0.3, 0.4) is 0 Å². The summed E-state index contributed by atoms with van der Waals surface area (Å²) in [6.45, 7) is 4.02. The van der Waals surface area contributed by atoms with Crippen molar-refractivity contribution in [1.29, 1.82) is 0 Å². The topological polar surface area (TPSA) is 18.5 Å². The predicted molar refractivity (Wildman–Crippen MR) is 60.7 cm³/mol. The van der Waals surface area contributed by atoms with Crippen molar-refractivity contribution in [3.05, 3.63) is 42.5 Å². The van der Waals surface area contributed by atoms with E-state index in [4.69, 9.17) is 15.9 Å². The van der Waals surface area contributed by atoms with E-state index in [2.05, 4.69) is 12.5 Å². The first-order chi connectivity index (χ1) is 7.31. The second kappa shape index (κ2) is 5.90. The van der Waals surface area contributed by atoms with Gasteiger partial charge in [-0.2, -0.15) is 0 Å². The maximum Gasteiger partial charge on any atom is 0.143 e. The third kappa shape index (κ3) is 3.16. The molecule has 1 rings (SSSR count). The maximum atomic E-state index is 5.41. The molecule has 0 saturated heterocycles. The lowest BCUT2D eigenvalue weighted by Gasteiger charge is -2.11. The average molecular weight is 202 g/mol. The van der Waals surface area contributed by atoms with Crippen LogP contribution in [0.15, 0.2) is 36.9 Å². The number of ether oxygens (including phenoxy) is 2. The zero-order valence-electron chi connectivity index (χ0n) is 8.77. The zero-order valence-corrected chi connectivity index (χ0v) is 8.77. The Bertz CT molecular complexity index is 346. The summed E-state index contributed by atoms with van der Waals surface area (Å²) in [5.41, 5.74) is 0.945. The van der Waals surface area contributed by atoms with Gasteiger partial charge in [0.25, 0.3) is 0 Å². The first-order valence-electron chi connectivity index (χ1n) is 4.64. The third-order valence-electron chi connectivity index (χ3n) is 1.95. The standard InChI is InChI=1S/C13H14O2/c1-4-10-15-13(5-2)11-6-8-12(14-3)9-7-11/h2,4,6-9,13H,1,10H2,3H3. The Morgan fingerprint density at radius 3 is 2.60 bits per heavy atom. The van der Waals surface area contributed by atoms with Crippen LogP contribution in [-0.2, 0) is 4.74 Å². The average Bonchev–Trinajstić information content (AvgIpc) is 2.31. The first-order valence-corrected chi connectivity index (χ1v) is 4.64. The summed E-state index contributed by atoms with van der Waals surface area (Å²) in [5, 5.41) is 0. The summed E-state index contributed by atoms with van der Waals surface area (Å²) in [4.78, 5) is 0. The second-order valence-corrected chi connectivity index (χ2v) is 2.94. The highest BCUT2D eigenvalue weighted by atomic mass is 16.5. The van der Waals surface area contributed by atoms with E-state index in [1.54, 1.807) is 13.2 Å². The number of hydrogen-bond acceptors (Lipinski definition) is 2. The fraction of sp³-hybridized carbons (Fsp3) is 0.231. The van der Waals surface area contributed by atoms with E-state index < -0.39 is 0 Å². The van der Waals surface area contributed by atoms with Crippen LogP contribution in [0.4, 0.5) is 0 Å². The lowest BCUT2D eigenvalue weighted by atomic mass is 10.1. The summed E-state index contributed by atoms with van der Waals surface area (Å²) in [5.74, 6) is 3.38. The van der Waals surface area contributed by atoms with Crippen molar-refractivity contribution < 1.29 is 9.47 Å². The summed E-state index contributed by atoms with van der Waals surface area (Å²) < 4.78 is 10.5. The second-order valence-electron chi connectivity index (χ2n) is 2.94. The Morgan fingerprint density at radius 2 is 2.13 bits per heavy atom. The molecule has 0 spiro atoms. The van der Waals surface area contributed by atoms with Crippen LogP contribution in [0.25, 0.3) is 0 Å². The number of methoxy groups -OCH3 is 1. The molecular formula is C13H14O2. The summed E-state index contributed by atoms with van der Waals surface area (Å²) in [6, 6.07) is 7.51. The normalized spacial score (nSPS) is 11.5. The van der Waals surface area contributed by atoms with Gasteiger partial charge in [-0.05, 0) is 17.7 Å². The molecule has 2 heteroatoms. The van der Waals surface area contributed by atoms with Gasteiger partial charge in [-0.3, -0.25) is 0 Å². The fourth-order valence-electron chi connectivity index (χ4n) is 1.18. The van der Waals surface area contributed by atoms with Gasteiger partial charge in [0.15, 0.2) is 0 Å². The van der Waals surface area contributed by atoms with E-state index in [1.165, 1.54) is 0 Å². The molecule has 1 aromatic carbocycles. The molecule has 1 unspecified atom stereocenters. The van der Waals surface area contributed by atoms with Crippen LogP contribution in [0.2, 0.25) is 0 Å². The van der Waals surface area contributed by atoms with E-state index in [0.717, 1.165) is 11.3 Å². The molecule has 0 aliphatic rings. The van der Waals surface area contributed by atoms with Crippen molar-refractivity contribution in [3.63, 3.8) is 0 Å². The predicted octanol–water partition coefficient (Wildman–Crippen LogP) is 2.57. The van der Waals surface area contributed by atoms with E-state index in [1.807, 2.05) is 24.3 Å². The van der Waals surface area contributed by atoms with E-state index in [0.29, 0.717) is 6.61 Å². The highest BCUT2D eigenvalue weighted by Crippen LogP contribution is 2.19. The fourth-order valence-corrected chi connectivity index (χ4v) is 1.18. The van der Waals surface area contributed by atoms with Crippen molar-refractivity contribution in [3.8, 4) is 18.1 Å². The number of terminal acetylenes is 1. The molecule has 15 heavy (non-hydrogen) atoms. The molecule has 1 aromatic rings. The molecule has 0 amide bonds. The summed E-state index contributed by atoms with van der Waals surface area (Å²) in [7, 11) is 1.63.